The van der Waals surface area contributed by atoms with Gasteiger partial charge in [0, 0.05) is 16.6 Å². The summed E-state index contributed by atoms with van der Waals surface area (Å²) in [4.78, 5) is 14.3. The number of amides is 1. The van der Waals surface area contributed by atoms with E-state index in [9.17, 15) is 13.2 Å². The number of benzene rings is 1. The Bertz CT molecular complexity index is 620. The van der Waals surface area contributed by atoms with Crippen LogP contribution in [0.1, 0.15) is 46.1 Å². The van der Waals surface area contributed by atoms with Crippen LogP contribution in [0.15, 0.2) is 28.7 Å². The highest BCUT2D eigenvalue weighted by Crippen LogP contribution is 2.17. The van der Waals surface area contributed by atoms with E-state index in [1.54, 1.807) is 23.1 Å². The fourth-order valence-electron chi connectivity index (χ4n) is 2.51. The molecule has 0 aliphatic carbocycles. The van der Waals surface area contributed by atoms with Crippen LogP contribution in [0.4, 0.5) is 0 Å². The maximum absolute atomic E-state index is 12.6. The lowest BCUT2D eigenvalue weighted by molar-refractivity contribution is -0.132. The Labute approximate surface area is 148 Å². The summed E-state index contributed by atoms with van der Waals surface area (Å²) in [6, 6.07) is 7.24. The molecule has 1 aromatic rings. The van der Waals surface area contributed by atoms with Crippen LogP contribution in [-0.4, -0.2) is 37.1 Å². The highest BCUT2D eigenvalue weighted by Gasteiger charge is 2.27. The maximum Gasteiger partial charge on any atom is 0.238 e. The second-order valence-corrected chi connectivity index (χ2v) is 8.96. The molecule has 2 unspecified atom stereocenters. The highest BCUT2D eigenvalue weighted by molar-refractivity contribution is 9.10. The van der Waals surface area contributed by atoms with Crippen LogP contribution < -0.4 is 0 Å². The van der Waals surface area contributed by atoms with E-state index >= 15 is 0 Å². The van der Waals surface area contributed by atoms with E-state index in [0.29, 0.717) is 5.56 Å². The molecule has 4 nitrogen and oxygen atoms in total. The lowest BCUT2D eigenvalue weighted by atomic mass is 10.1. The number of nitrogens with zero attached hydrogens (tertiary/aromatic N) is 1. The van der Waals surface area contributed by atoms with Crippen LogP contribution in [-0.2, 0) is 20.4 Å². The maximum atomic E-state index is 12.6. The van der Waals surface area contributed by atoms with Crippen molar-refractivity contribution in [2.24, 2.45) is 0 Å². The van der Waals surface area contributed by atoms with Crippen LogP contribution in [0.25, 0.3) is 0 Å². The van der Waals surface area contributed by atoms with Gasteiger partial charge in [0.2, 0.25) is 5.91 Å². The van der Waals surface area contributed by atoms with E-state index < -0.39 is 15.6 Å². The van der Waals surface area contributed by atoms with E-state index in [2.05, 4.69) is 15.9 Å². The smallest absolute Gasteiger partial charge is 0.238 e. The van der Waals surface area contributed by atoms with Crippen molar-refractivity contribution < 1.29 is 13.2 Å². The predicted molar refractivity (Wildman–Crippen MR) is 98.0 cm³/mol. The predicted octanol–water partition coefficient (Wildman–Crippen LogP) is 3.79. The zero-order valence-electron chi connectivity index (χ0n) is 14.3. The number of hydrogen-bond acceptors (Lipinski definition) is 3. The Morgan fingerprint density at radius 3 is 2.22 bits per heavy atom. The van der Waals surface area contributed by atoms with Crippen molar-refractivity contribution in [3.63, 3.8) is 0 Å². The van der Waals surface area contributed by atoms with Gasteiger partial charge in [0.1, 0.15) is 5.75 Å². The Morgan fingerprint density at radius 1 is 1.17 bits per heavy atom. The SMILES string of the molecule is CCC(C)N(C(=O)CS(=O)(=O)Cc1cccc(Br)c1)C(C)CC. The van der Waals surface area contributed by atoms with Gasteiger partial charge in [0.15, 0.2) is 9.84 Å². The zero-order valence-corrected chi connectivity index (χ0v) is 16.7. The number of hydrogen-bond donors (Lipinski definition) is 0. The van der Waals surface area contributed by atoms with Gasteiger partial charge >= 0.3 is 0 Å². The standard InChI is InChI=1S/C17H26BrNO3S/c1-5-13(3)19(14(4)6-2)17(20)12-23(21,22)11-15-8-7-9-16(18)10-15/h7-10,13-14H,5-6,11-12H2,1-4H3. The molecule has 0 aliphatic rings. The van der Waals surface area contributed by atoms with Gasteiger partial charge in [-0.1, -0.05) is 41.9 Å². The van der Waals surface area contributed by atoms with Crippen LogP contribution >= 0.6 is 15.9 Å². The van der Waals surface area contributed by atoms with Crippen molar-refractivity contribution in [2.75, 3.05) is 5.75 Å². The molecule has 1 amide bonds. The van der Waals surface area contributed by atoms with Crippen molar-refractivity contribution in [3.05, 3.63) is 34.3 Å². The van der Waals surface area contributed by atoms with Gasteiger partial charge in [-0.25, -0.2) is 8.42 Å². The molecule has 0 bridgehead atoms. The molecule has 23 heavy (non-hydrogen) atoms. The molecule has 0 heterocycles. The zero-order chi connectivity index (χ0) is 17.6. The molecular weight excluding hydrogens is 378 g/mol. The summed E-state index contributed by atoms with van der Waals surface area (Å²) in [6.45, 7) is 7.93. The first-order valence-electron chi connectivity index (χ1n) is 7.96. The van der Waals surface area contributed by atoms with Gasteiger partial charge in [-0.2, -0.15) is 0 Å². The van der Waals surface area contributed by atoms with Gasteiger partial charge in [-0.05, 0) is 44.4 Å². The summed E-state index contributed by atoms with van der Waals surface area (Å²) in [5, 5.41) is 0. The number of carbonyl (C=O) groups excluding carboxylic acids is 1. The van der Waals surface area contributed by atoms with Gasteiger partial charge < -0.3 is 4.90 Å². The Kier molecular flexibility index (Phi) is 7.74. The topological polar surface area (TPSA) is 54.5 Å². The van der Waals surface area contributed by atoms with Crippen LogP contribution in [0.5, 0.6) is 0 Å². The summed E-state index contributed by atoms with van der Waals surface area (Å²) < 4.78 is 25.6. The van der Waals surface area contributed by atoms with E-state index in [1.807, 2.05) is 33.8 Å². The molecule has 1 aromatic carbocycles. The molecule has 2 atom stereocenters. The quantitative estimate of drug-likeness (QED) is 0.663. The first-order valence-corrected chi connectivity index (χ1v) is 10.6. The normalized spacial score (nSPS) is 14.3. The van der Waals surface area contributed by atoms with Crippen molar-refractivity contribution in [1.82, 2.24) is 4.90 Å². The molecule has 1 rings (SSSR count). The molecule has 0 aliphatic heterocycles. The van der Waals surface area contributed by atoms with Gasteiger partial charge in [-0.15, -0.1) is 0 Å². The monoisotopic (exact) mass is 403 g/mol. The first-order chi connectivity index (χ1) is 10.7. The molecule has 0 fully saturated rings. The summed E-state index contributed by atoms with van der Waals surface area (Å²) in [7, 11) is -3.49. The third kappa shape index (κ3) is 6.26. The molecular formula is C17H26BrNO3S. The second-order valence-electron chi connectivity index (χ2n) is 5.98. The lowest BCUT2D eigenvalue weighted by Gasteiger charge is -2.34. The van der Waals surface area contributed by atoms with Gasteiger partial charge in [-0.3, -0.25) is 4.79 Å². The number of carbonyl (C=O) groups is 1. The van der Waals surface area contributed by atoms with Gasteiger partial charge in [0.25, 0.3) is 0 Å². The van der Waals surface area contributed by atoms with E-state index in [-0.39, 0.29) is 23.7 Å². The molecule has 0 spiro atoms. The minimum absolute atomic E-state index is 0.0403. The molecule has 130 valence electrons. The average molecular weight is 404 g/mol. The summed E-state index contributed by atoms with van der Waals surface area (Å²) in [5.41, 5.74) is 0.686. The Hall–Kier alpha value is -0.880. The number of rotatable bonds is 8. The van der Waals surface area contributed by atoms with Crippen LogP contribution in [0.2, 0.25) is 0 Å². The van der Waals surface area contributed by atoms with Crippen LogP contribution in [0, 0.1) is 0 Å². The van der Waals surface area contributed by atoms with Crippen molar-refractivity contribution in [3.8, 4) is 0 Å². The second kappa shape index (κ2) is 8.83. The third-order valence-electron chi connectivity index (χ3n) is 4.04. The first kappa shape index (κ1) is 20.2. The molecule has 0 aromatic heterocycles. The summed E-state index contributed by atoms with van der Waals surface area (Å²) >= 11 is 3.33. The molecule has 0 radical (unpaired) electrons. The Morgan fingerprint density at radius 2 is 1.74 bits per heavy atom. The lowest BCUT2D eigenvalue weighted by Crippen LogP contribution is -2.46. The highest BCUT2D eigenvalue weighted by atomic mass is 79.9. The fourth-order valence-corrected chi connectivity index (χ4v) is 4.28. The molecule has 6 heteroatoms. The minimum atomic E-state index is -3.49. The van der Waals surface area contributed by atoms with E-state index in [4.69, 9.17) is 0 Å². The molecule has 0 saturated carbocycles. The largest absolute Gasteiger partial charge is 0.336 e. The average Bonchev–Trinajstić information content (AvgIpc) is 2.45. The van der Waals surface area contributed by atoms with E-state index in [0.717, 1.165) is 17.3 Å². The van der Waals surface area contributed by atoms with E-state index in [1.165, 1.54) is 0 Å². The summed E-state index contributed by atoms with van der Waals surface area (Å²) in [5.74, 6) is -0.856. The molecule has 0 saturated heterocycles. The third-order valence-corrected chi connectivity index (χ3v) is 5.99. The van der Waals surface area contributed by atoms with Crippen molar-refractivity contribution in [2.45, 2.75) is 58.4 Å². The number of halogens is 1. The van der Waals surface area contributed by atoms with Crippen molar-refractivity contribution in [1.29, 1.82) is 0 Å². The number of sulfone groups is 1. The fraction of sp³-hybridized carbons (Fsp3) is 0.588. The Balaban J connectivity index is 2.87. The van der Waals surface area contributed by atoms with Gasteiger partial charge in [0.05, 0.1) is 5.75 Å². The minimum Gasteiger partial charge on any atom is -0.336 e. The van der Waals surface area contributed by atoms with Crippen molar-refractivity contribution >= 4 is 31.7 Å². The van der Waals surface area contributed by atoms with Crippen LogP contribution in [0.3, 0.4) is 0 Å². The summed E-state index contributed by atoms with van der Waals surface area (Å²) in [6.07, 6.45) is 1.61. The molecule has 0 N–H and O–H groups in total.